The molecule has 1 aliphatic carbocycles. The predicted octanol–water partition coefficient (Wildman–Crippen LogP) is 3.19. The Morgan fingerprint density at radius 1 is 1.47 bits per heavy atom. The standard InChI is InChI=1S/C14H23NOS/c1-3-8-15-13-4-6-14(16,7-5-13)12-9-11(2)17-10-12/h9-10,13,15-16H,3-8H2,1-2H3. The van der Waals surface area contributed by atoms with Gasteiger partial charge in [-0.2, -0.15) is 0 Å². The minimum Gasteiger partial charge on any atom is -0.385 e. The van der Waals surface area contributed by atoms with E-state index in [2.05, 4.69) is 30.6 Å². The lowest BCUT2D eigenvalue weighted by Crippen LogP contribution is -2.39. The average Bonchev–Trinajstić information content (AvgIpc) is 2.76. The summed E-state index contributed by atoms with van der Waals surface area (Å²) >= 11 is 1.74. The summed E-state index contributed by atoms with van der Waals surface area (Å²) in [6.45, 7) is 5.40. The zero-order valence-corrected chi connectivity index (χ0v) is 11.6. The van der Waals surface area contributed by atoms with E-state index in [1.54, 1.807) is 11.3 Å². The Morgan fingerprint density at radius 3 is 2.71 bits per heavy atom. The van der Waals surface area contributed by atoms with Gasteiger partial charge in [-0.25, -0.2) is 0 Å². The number of aliphatic hydroxyl groups is 1. The van der Waals surface area contributed by atoms with Crippen LogP contribution in [0.2, 0.25) is 0 Å². The third kappa shape index (κ3) is 3.09. The molecule has 1 saturated carbocycles. The number of rotatable bonds is 4. The Morgan fingerprint density at radius 2 is 2.18 bits per heavy atom. The van der Waals surface area contributed by atoms with Gasteiger partial charge in [-0.1, -0.05) is 6.92 Å². The van der Waals surface area contributed by atoms with Crippen LogP contribution in [0.25, 0.3) is 0 Å². The molecule has 0 bridgehead atoms. The molecule has 1 heterocycles. The number of aryl methyl sites for hydroxylation is 1. The molecule has 0 amide bonds. The van der Waals surface area contributed by atoms with Crippen LogP contribution in [0.4, 0.5) is 0 Å². The van der Waals surface area contributed by atoms with Crippen molar-refractivity contribution in [3.8, 4) is 0 Å². The number of nitrogens with one attached hydrogen (secondary N) is 1. The molecule has 0 aliphatic heterocycles. The molecule has 1 fully saturated rings. The molecular weight excluding hydrogens is 230 g/mol. The van der Waals surface area contributed by atoms with Gasteiger partial charge in [-0.05, 0) is 62.6 Å². The third-order valence-electron chi connectivity index (χ3n) is 3.76. The quantitative estimate of drug-likeness (QED) is 0.864. The van der Waals surface area contributed by atoms with E-state index in [1.165, 1.54) is 11.3 Å². The molecule has 1 aliphatic rings. The minimum atomic E-state index is -0.560. The molecule has 0 radical (unpaired) electrons. The van der Waals surface area contributed by atoms with E-state index in [0.717, 1.165) is 37.8 Å². The summed E-state index contributed by atoms with van der Waals surface area (Å²) < 4.78 is 0. The number of hydrogen-bond acceptors (Lipinski definition) is 3. The molecule has 2 rings (SSSR count). The average molecular weight is 253 g/mol. The SMILES string of the molecule is CCCNC1CCC(O)(c2csc(C)c2)CC1. The van der Waals surface area contributed by atoms with Crippen molar-refractivity contribution in [2.45, 2.75) is 57.6 Å². The van der Waals surface area contributed by atoms with Crippen LogP contribution in [-0.2, 0) is 5.60 Å². The fourth-order valence-corrected chi connectivity index (χ4v) is 3.42. The first-order valence-electron chi connectivity index (χ1n) is 6.65. The van der Waals surface area contributed by atoms with E-state index in [1.807, 2.05) is 0 Å². The smallest absolute Gasteiger partial charge is 0.0905 e. The summed E-state index contributed by atoms with van der Waals surface area (Å²) in [4.78, 5) is 1.29. The Balaban J connectivity index is 1.93. The monoisotopic (exact) mass is 253 g/mol. The molecule has 0 saturated heterocycles. The summed E-state index contributed by atoms with van der Waals surface area (Å²) in [7, 11) is 0. The molecule has 3 heteroatoms. The fraction of sp³-hybridized carbons (Fsp3) is 0.714. The van der Waals surface area contributed by atoms with Crippen LogP contribution in [0.5, 0.6) is 0 Å². The molecule has 2 N–H and O–H groups in total. The van der Waals surface area contributed by atoms with Crippen LogP contribution in [0, 0.1) is 6.92 Å². The van der Waals surface area contributed by atoms with Gasteiger partial charge in [-0.3, -0.25) is 0 Å². The van der Waals surface area contributed by atoms with Crippen LogP contribution in [0.3, 0.4) is 0 Å². The zero-order chi connectivity index (χ0) is 12.3. The molecule has 1 aromatic heterocycles. The van der Waals surface area contributed by atoms with Crippen molar-refractivity contribution < 1.29 is 5.11 Å². The van der Waals surface area contributed by atoms with Gasteiger partial charge < -0.3 is 10.4 Å². The lowest BCUT2D eigenvalue weighted by atomic mass is 9.78. The zero-order valence-electron chi connectivity index (χ0n) is 10.8. The Bertz CT molecular complexity index is 353. The van der Waals surface area contributed by atoms with Gasteiger partial charge in [0.25, 0.3) is 0 Å². The summed E-state index contributed by atoms with van der Waals surface area (Å²) in [5.74, 6) is 0. The Labute approximate surface area is 108 Å². The van der Waals surface area contributed by atoms with Crippen molar-refractivity contribution in [2.24, 2.45) is 0 Å². The third-order valence-corrected chi connectivity index (χ3v) is 4.63. The van der Waals surface area contributed by atoms with Gasteiger partial charge in [-0.15, -0.1) is 11.3 Å². The molecule has 96 valence electrons. The molecule has 1 aromatic rings. The first kappa shape index (κ1) is 13.1. The van der Waals surface area contributed by atoms with Crippen molar-refractivity contribution >= 4 is 11.3 Å². The topological polar surface area (TPSA) is 32.3 Å². The van der Waals surface area contributed by atoms with E-state index in [9.17, 15) is 5.11 Å². The van der Waals surface area contributed by atoms with Gasteiger partial charge in [0.05, 0.1) is 5.60 Å². The summed E-state index contributed by atoms with van der Waals surface area (Å²) in [5, 5.41) is 16.4. The predicted molar refractivity (Wildman–Crippen MR) is 73.5 cm³/mol. The maximum atomic E-state index is 10.7. The second-order valence-electron chi connectivity index (χ2n) is 5.21. The van der Waals surface area contributed by atoms with Crippen LogP contribution >= 0.6 is 11.3 Å². The van der Waals surface area contributed by atoms with E-state index in [-0.39, 0.29) is 0 Å². The highest BCUT2D eigenvalue weighted by molar-refractivity contribution is 7.10. The number of hydrogen-bond donors (Lipinski definition) is 2. The summed E-state index contributed by atoms with van der Waals surface area (Å²) in [6.07, 6.45) is 5.15. The van der Waals surface area contributed by atoms with E-state index in [4.69, 9.17) is 0 Å². The largest absolute Gasteiger partial charge is 0.385 e. The summed E-state index contributed by atoms with van der Waals surface area (Å²) in [5.41, 5.74) is 0.573. The van der Waals surface area contributed by atoms with Crippen molar-refractivity contribution in [2.75, 3.05) is 6.54 Å². The summed E-state index contributed by atoms with van der Waals surface area (Å²) in [6, 6.07) is 2.75. The molecule has 17 heavy (non-hydrogen) atoms. The molecule has 2 nitrogen and oxygen atoms in total. The van der Waals surface area contributed by atoms with Crippen molar-refractivity contribution in [3.05, 3.63) is 21.9 Å². The molecule has 0 atom stereocenters. The highest BCUT2D eigenvalue weighted by atomic mass is 32.1. The van der Waals surface area contributed by atoms with E-state index in [0.29, 0.717) is 6.04 Å². The van der Waals surface area contributed by atoms with Gasteiger partial charge >= 0.3 is 0 Å². The Hall–Kier alpha value is -0.380. The van der Waals surface area contributed by atoms with E-state index < -0.39 is 5.60 Å². The fourth-order valence-electron chi connectivity index (χ4n) is 2.62. The second-order valence-corrected chi connectivity index (χ2v) is 6.32. The van der Waals surface area contributed by atoms with Gasteiger partial charge in [0.1, 0.15) is 0 Å². The lowest BCUT2D eigenvalue weighted by Gasteiger charge is -2.36. The second kappa shape index (κ2) is 5.51. The van der Waals surface area contributed by atoms with Crippen LogP contribution < -0.4 is 5.32 Å². The minimum absolute atomic E-state index is 0.560. The maximum Gasteiger partial charge on any atom is 0.0905 e. The first-order chi connectivity index (χ1) is 8.14. The van der Waals surface area contributed by atoms with Crippen LogP contribution in [0.15, 0.2) is 11.4 Å². The lowest BCUT2D eigenvalue weighted by molar-refractivity contribution is -0.00792. The van der Waals surface area contributed by atoms with Crippen LogP contribution in [-0.4, -0.2) is 17.7 Å². The molecule has 0 spiro atoms. The van der Waals surface area contributed by atoms with Crippen LogP contribution in [0.1, 0.15) is 49.5 Å². The Kier molecular flexibility index (Phi) is 4.23. The van der Waals surface area contributed by atoms with Crippen molar-refractivity contribution in [1.29, 1.82) is 0 Å². The van der Waals surface area contributed by atoms with Gasteiger partial charge in [0, 0.05) is 10.9 Å². The number of thiophene rings is 1. The van der Waals surface area contributed by atoms with Crippen molar-refractivity contribution in [3.63, 3.8) is 0 Å². The highest BCUT2D eigenvalue weighted by Crippen LogP contribution is 2.38. The first-order valence-corrected chi connectivity index (χ1v) is 7.53. The maximum absolute atomic E-state index is 10.7. The normalized spacial score (nSPS) is 29.5. The molecular formula is C14H23NOS. The highest BCUT2D eigenvalue weighted by Gasteiger charge is 2.34. The van der Waals surface area contributed by atoms with E-state index >= 15 is 0 Å². The van der Waals surface area contributed by atoms with Crippen molar-refractivity contribution in [1.82, 2.24) is 5.32 Å². The van der Waals surface area contributed by atoms with Gasteiger partial charge in [0.15, 0.2) is 0 Å². The van der Waals surface area contributed by atoms with Gasteiger partial charge in [0.2, 0.25) is 0 Å². The molecule has 0 unspecified atom stereocenters. The molecule has 0 aromatic carbocycles.